The number of hydrogen-bond donors (Lipinski definition) is 6. The van der Waals surface area contributed by atoms with Crippen LogP contribution in [-0.4, -0.2) is 230 Å². The molecule has 9 aliphatic rings. The fourth-order valence-electron chi connectivity index (χ4n) is 16.0. The summed E-state index contributed by atoms with van der Waals surface area (Å²) < 4.78 is 93.8. The molecule has 3 saturated carbocycles. The van der Waals surface area contributed by atoms with Crippen LogP contribution in [0.5, 0.6) is 0 Å². The van der Waals surface area contributed by atoms with Crippen molar-refractivity contribution in [3.05, 3.63) is 23.3 Å². The molecule has 5 saturated heterocycles. The molecule has 0 radical (unpaired) electrons. The number of allylic oxidation sites excluding steroid dienone is 2. The van der Waals surface area contributed by atoms with E-state index < -0.39 is 171 Å². The lowest BCUT2D eigenvalue weighted by molar-refractivity contribution is -0.371. The zero-order valence-electron chi connectivity index (χ0n) is 50.6. The van der Waals surface area contributed by atoms with Gasteiger partial charge in [-0.15, -0.1) is 0 Å². The number of hydrogen-bond acceptors (Lipinski definition) is 23. The van der Waals surface area contributed by atoms with Gasteiger partial charge in [0.1, 0.15) is 72.9 Å². The van der Waals surface area contributed by atoms with Crippen LogP contribution in [0.1, 0.15) is 127 Å². The van der Waals surface area contributed by atoms with E-state index in [1.165, 1.54) is 19.8 Å². The highest BCUT2D eigenvalue weighted by Crippen LogP contribution is 2.69. The Labute approximate surface area is 488 Å². The summed E-state index contributed by atoms with van der Waals surface area (Å²) in [5.41, 5.74) is -0.571. The van der Waals surface area contributed by atoms with Crippen molar-refractivity contribution in [1.82, 2.24) is 0 Å². The van der Waals surface area contributed by atoms with Gasteiger partial charge in [0.2, 0.25) is 0 Å². The van der Waals surface area contributed by atoms with Crippen LogP contribution in [0.3, 0.4) is 0 Å². The van der Waals surface area contributed by atoms with Crippen molar-refractivity contribution in [2.45, 2.75) is 280 Å². The number of Topliss-reactive ketones (excluding diaryl/α,β-unsaturated/α-hetero) is 1. The smallest absolute Gasteiger partial charge is 0.333 e. The van der Waals surface area contributed by atoms with Gasteiger partial charge in [0, 0.05) is 64.6 Å². The topological polar surface area (TPSA) is 294 Å². The van der Waals surface area contributed by atoms with Crippen molar-refractivity contribution in [3.8, 4) is 0 Å². The van der Waals surface area contributed by atoms with Gasteiger partial charge in [0.25, 0.3) is 0 Å². The first-order valence-electron chi connectivity index (χ1n) is 30.1. The van der Waals surface area contributed by atoms with Gasteiger partial charge in [-0.05, 0) is 111 Å². The minimum Gasteiger partial charge on any atom is -0.458 e. The molecule has 9 rings (SSSR count). The van der Waals surface area contributed by atoms with Crippen LogP contribution < -0.4 is 0 Å². The summed E-state index contributed by atoms with van der Waals surface area (Å²) in [7, 11) is 6.16. The second kappa shape index (κ2) is 26.5. The lowest BCUT2D eigenvalue weighted by Gasteiger charge is -2.63. The summed E-state index contributed by atoms with van der Waals surface area (Å²) in [5, 5.41) is 65.6. The molecule has 23 nitrogen and oxygen atoms in total. The third kappa shape index (κ3) is 12.4. The molecule has 5 heterocycles. The van der Waals surface area contributed by atoms with Crippen LogP contribution in [0, 0.1) is 28.6 Å². The Morgan fingerprint density at radius 3 is 1.69 bits per heavy atom. The monoisotopic (exact) mass is 1180 g/mol. The number of carbonyl (C=O) groups excluding carboxylic acids is 2. The van der Waals surface area contributed by atoms with Crippen molar-refractivity contribution in [3.63, 3.8) is 0 Å². The number of ketones is 1. The van der Waals surface area contributed by atoms with E-state index in [1.54, 1.807) is 54.9 Å². The predicted molar refractivity (Wildman–Crippen MR) is 291 cm³/mol. The van der Waals surface area contributed by atoms with Crippen LogP contribution >= 0.6 is 0 Å². The van der Waals surface area contributed by atoms with Gasteiger partial charge < -0.3 is 102 Å². The first-order valence-corrected chi connectivity index (χ1v) is 30.1. The molecule has 83 heavy (non-hydrogen) atoms. The first kappa shape index (κ1) is 65.3. The van der Waals surface area contributed by atoms with Crippen LogP contribution in [0.15, 0.2) is 23.3 Å². The van der Waals surface area contributed by atoms with Gasteiger partial charge in [0.05, 0.1) is 61.0 Å². The molecule has 5 aliphatic heterocycles. The van der Waals surface area contributed by atoms with Crippen LogP contribution in [0.4, 0.5) is 0 Å². The Balaban J connectivity index is 0.773. The SMILES string of the molecule is C/C=C(\C)C(=O)O[C@@H]1C[C@H]2[C@@H](CC=C3C[C@@H](O[C@H]4C[C@H](OC)[C@H](O[C@H]5C[C@H](OC)[C@H](O[C@@H]6O[C@H](C)[C@@H](O[C@H]7C[C@@H](OC)[C@H](O[C@@H]8O[C@H](CO)[C@@H](O)[C@H](O)[C@H]8O)[C@@H](C)O7)[C@H](OC)[C@H]6O)[C@@H](C)O5)[C@@H](C)O4)CC[C@@]32C)[C@@]2(O)CC[C@H](C(C)=O)[C@@]12C. The largest absolute Gasteiger partial charge is 0.458 e. The number of aliphatic hydroxyl groups excluding tert-OH is 5. The Hall–Kier alpha value is -2.18. The van der Waals surface area contributed by atoms with Gasteiger partial charge in [-0.1, -0.05) is 31.6 Å². The van der Waals surface area contributed by atoms with E-state index in [0.29, 0.717) is 44.1 Å². The molecular formula is C60H96O23. The third-order valence-corrected chi connectivity index (χ3v) is 21.0. The molecule has 0 aromatic carbocycles. The van der Waals surface area contributed by atoms with Gasteiger partial charge >= 0.3 is 5.97 Å². The lowest BCUT2D eigenvalue weighted by atomic mass is 9.45. The number of rotatable bonds is 18. The van der Waals surface area contributed by atoms with E-state index in [9.17, 15) is 40.2 Å². The second-order valence-corrected chi connectivity index (χ2v) is 25.4. The van der Waals surface area contributed by atoms with Gasteiger partial charge in [-0.25, -0.2) is 4.79 Å². The summed E-state index contributed by atoms with van der Waals surface area (Å²) in [6.07, 6.45) is -11.3. The van der Waals surface area contributed by atoms with Gasteiger partial charge in [-0.3, -0.25) is 4.79 Å². The maximum atomic E-state index is 13.4. The Bertz CT molecular complexity index is 2270. The van der Waals surface area contributed by atoms with Gasteiger partial charge in [0.15, 0.2) is 31.5 Å². The van der Waals surface area contributed by atoms with Crippen LogP contribution in [-0.2, 0) is 80.6 Å². The molecule has 30 atom stereocenters. The molecule has 474 valence electrons. The number of ether oxygens (including phenoxy) is 15. The highest BCUT2D eigenvalue weighted by atomic mass is 16.8. The van der Waals surface area contributed by atoms with E-state index in [4.69, 9.17) is 71.1 Å². The maximum Gasteiger partial charge on any atom is 0.333 e. The molecule has 0 aromatic heterocycles. The van der Waals surface area contributed by atoms with Crippen molar-refractivity contribution in [1.29, 1.82) is 0 Å². The summed E-state index contributed by atoms with van der Waals surface area (Å²) in [5.74, 6) is -0.842. The van der Waals surface area contributed by atoms with E-state index in [2.05, 4.69) is 13.0 Å². The first-order chi connectivity index (χ1) is 39.4. The lowest BCUT2D eigenvalue weighted by Crippen LogP contribution is -2.66. The minimum absolute atomic E-state index is 0.0236. The highest BCUT2D eigenvalue weighted by molar-refractivity contribution is 5.88. The molecule has 0 unspecified atom stereocenters. The molecule has 0 bridgehead atoms. The average Bonchev–Trinajstić information content (AvgIpc) is 1.75. The zero-order chi connectivity index (χ0) is 60.2. The van der Waals surface area contributed by atoms with E-state index in [0.717, 1.165) is 12.8 Å². The number of fused-ring (bicyclic) bond motifs is 5. The molecule has 0 amide bonds. The second-order valence-electron chi connectivity index (χ2n) is 25.4. The Morgan fingerprint density at radius 2 is 1.16 bits per heavy atom. The molecule has 0 aromatic rings. The van der Waals surface area contributed by atoms with Crippen molar-refractivity contribution >= 4 is 11.8 Å². The van der Waals surface area contributed by atoms with Crippen molar-refractivity contribution in [2.75, 3.05) is 35.0 Å². The minimum atomic E-state index is -1.62. The standard InChI is InChI=1S/C60H96O23/c1-14-27(2)55(67)79-42-22-37-36(60(68)20-18-35(28(3)62)59(42,60)9)16-15-33-21-34(17-19-58(33,37)8)77-43-23-38(69-10)50(29(4)73-43)80-44-24-39(70-11)52(31(6)74-44)83-57-49(66)54(72-13)53(32(7)76-57)81-45-25-40(71-12)51(30(5)75-45)82-56-48(65)47(64)46(63)41(26-61)78-56/h14-15,29-32,34-54,56-57,61,63-66,68H,16-26H2,1-13H3/b27-14+/t29-,30-,31-,32-,34+,35-,36-,37+,38+,39+,40-,41-,42-,43+,44+,45+,46-,47+,48-,49-,50-,51-,52-,53-,54-,56+,57+,58+,59+,60+/m1/s1. The molecule has 6 N–H and O–H groups in total. The quantitative estimate of drug-likeness (QED) is 0.0653. The molecular weight excluding hydrogens is 1090 g/mol. The van der Waals surface area contributed by atoms with Crippen LogP contribution in [0.25, 0.3) is 0 Å². The molecule has 0 spiro atoms. The summed E-state index contributed by atoms with van der Waals surface area (Å²) in [6, 6.07) is 0. The summed E-state index contributed by atoms with van der Waals surface area (Å²) >= 11 is 0. The summed E-state index contributed by atoms with van der Waals surface area (Å²) in [6.45, 7) is 16.1. The Kier molecular flexibility index (Phi) is 20.8. The van der Waals surface area contributed by atoms with E-state index in [1.807, 2.05) is 20.8 Å². The number of methoxy groups -OCH3 is 4. The highest BCUT2D eigenvalue weighted by Gasteiger charge is 2.72. The van der Waals surface area contributed by atoms with Gasteiger partial charge in [-0.2, -0.15) is 0 Å². The average molecular weight is 1190 g/mol. The van der Waals surface area contributed by atoms with E-state index >= 15 is 0 Å². The maximum absolute atomic E-state index is 13.4. The normalized spacial score (nSPS) is 50.4. The predicted octanol–water partition coefficient (Wildman–Crippen LogP) is 3.05. The number of carbonyl (C=O) groups is 2. The fraction of sp³-hybridized carbons (Fsp3) is 0.900. The summed E-state index contributed by atoms with van der Waals surface area (Å²) in [4.78, 5) is 26.6. The molecule has 4 aliphatic carbocycles. The van der Waals surface area contributed by atoms with Crippen molar-refractivity contribution in [2.24, 2.45) is 28.6 Å². The Morgan fingerprint density at radius 1 is 0.627 bits per heavy atom. The molecule has 8 fully saturated rings. The fourth-order valence-corrected chi connectivity index (χ4v) is 16.0. The zero-order valence-corrected chi connectivity index (χ0v) is 50.6. The van der Waals surface area contributed by atoms with Crippen molar-refractivity contribution < 1.29 is 111 Å². The third-order valence-electron chi connectivity index (χ3n) is 21.0. The van der Waals surface area contributed by atoms with Crippen LogP contribution in [0.2, 0.25) is 0 Å². The number of esters is 1. The molecule has 23 heteroatoms. The number of aliphatic hydroxyl groups is 6. The van der Waals surface area contributed by atoms with E-state index in [-0.39, 0.29) is 42.0 Å².